The second kappa shape index (κ2) is 8.13. The molecule has 118 valence electrons. The molecule has 2 rings (SSSR count). The predicted octanol–water partition coefficient (Wildman–Crippen LogP) is 4.29. The molecule has 3 N–H and O–H groups in total. The van der Waals surface area contributed by atoms with Crippen molar-refractivity contribution in [2.24, 2.45) is 5.73 Å². The third kappa shape index (κ3) is 4.19. The number of amidine groups is 1. The van der Waals surface area contributed by atoms with E-state index in [2.05, 4.69) is 0 Å². The van der Waals surface area contributed by atoms with Crippen molar-refractivity contribution in [3.8, 4) is 11.5 Å². The van der Waals surface area contributed by atoms with E-state index in [4.69, 9.17) is 43.8 Å². The molecule has 0 aliphatic carbocycles. The molecule has 0 atom stereocenters. The first-order valence-electron chi connectivity index (χ1n) is 6.11. The molecule has 0 radical (unpaired) electrons. The Morgan fingerprint density at radius 2 is 1.91 bits per heavy atom. The van der Waals surface area contributed by atoms with Crippen LogP contribution < -0.4 is 15.2 Å². The van der Waals surface area contributed by atoms with Crippen LogP contribution in [0.2, 0.25) is 10.0 Å². The number of nitrogen functional groups attached to an aromatic ring is 1. The van der Waals surface area contributed by atoms with Crippen LogP contribution in [0, 0.1) is 5.41 Å². The maximum Gasteiger partial charge on any atom is 0.172 e. The fourth-order valence-corrected chi connectivity index (χ4v) is 2.14. The van der Waals surface area contributed by atoms with Crippen LogP contribution in [0.15, 0.2) is 36.4 Å². The smallest absolute Gasteiger partial charge is 0.172 e. The van der Waals surface area contributed by atoms with E-state index in [1.54, 1.807) is 30.3 Å². The molecule has 0 fully saturated rings. The molecular formula is C15H15Cl3N2O2. The highest BCUT2D eigenvalue weighted by atomic mass is 35.5. The van der Waals surface area contributed by atoms with Crippen LogP contribution in [0.1, 0.15) is 11.1 Å². The number of rotatable bonds is 5. The molecule has 0 aliphatic heterocycles. The molecule has 0 saturated carbocycles. The van der Waals surface area contributed by atoms with E-state index in [9.17, 15) is 0 Å². The molecule has 0 spiro atoms. The molecule has 0 aliphatic rings. The Bertz CT molecular complexity index is 678. The van der Waals surface area contributed by atoms with Gasteiger partial charge in [0.2, 0.25) is 0 Å². The molecule has 0 heterocycles. The molecule has 2 aromatic carbocycles. The fraction of sp³-hybridized carbons (Fsp3) is 0.133. The number of nitrogens with two attached hydrogens (primary N) is 1. The SMILES string of the molecule is COc1cccc(C(=N)N)c1OCc1ccc(Cl)c(Cl)c1.Cl. The summed E-state index contributed by atoms with van der Waals surface area (Å²) < 4.78 is 11.0. The van der Waals surface area contributed by atoms with Gasteiger partial charge in [0, 0.05) is 0 Å². The summed E-state index contributed by atoms with van der Waals surface area (Å²) in [7, 11) is 1.53. The van der Waals surface area contributed by atoms with Crippen LogP contribution in [0.3, 0.4) is 0 Å². The molecule has 22 heavy (non-hydrogen) atoms. The van der Waals surface area contributed by atoms with E-state index in [1.165, 1.54) is 7.11 Å². The first-order valence-corrected chi connectivity index (χ1v) is 6.86. The van der Waals surface area contributed by atoms with Gasteiger partial charge >= 0.3 is 0 Å². The predicted molar refractivity (Wildman–Crippen MR) is 92.1 cm³/mol. The number of para-hydroxylation sites is 1. The number of hydrogen-bond donors (Lipinski definition) is 2. The topological polar surface area (TPSA) is 68.3 Å². The van der Waals surface area contributed by atoms with Crippen molar-refractivity contribution in [2.75, 3.05) is 7.11 Å². The number of hydrogen-bond acceptors (Lipinski definition) is 3. The summed E-state index contributed by atoms with van der Waals surface area (Å²) in [6.45, 7) is 0.261. The van der Waals surface area contributed by atoms with Crippen LogP contribution >= 0.6 is 35.6 Å². The van der Waals surface area contributed by atoms with Gasteiger partial charge in [0.05, 0.1) is 22.7 Å². The molecule has 0 saturated heterocycles. The zero-order valence-electron chi connectivity index (χ0n) is 11.7. The molecular weight excluding hydrogens is 347 g/mol. The van der Waals surface area contributed by atoms with E-state index in [-0.39, 0.29) is 24.8 Å². The highest BCUT2D eigenvalue weighted by Gasteiger charge is 2.13. The summed E-state index contributed by atoms with van der Waals surface area (Å²) >= 11 is 11.8. The van der Waals surface area contributed by atoms with Crippen molar-refractivity contribution in [1.29, 1.82) is 5.41 Å². The number of halogens is 3. The summed E-state index contributed by atoms with van der Waals surface area (Å²) in [5.41, 5.74) is 6.89. The molecule has 2 aromatic rings. The maximum atomic E-state index is 7.60. The van der Waals surface area contributed by atoms with Gasteiger partial charge in [0.25, 0.3) is 0 Å². The van der Waals surface area contributed by atoms with Crippen molar-refractivity contribution in [2.45, 2.75) is 6.61 Å². The number of methoxy groups -OCH3 is 1. The van der Waals surface area contributed by atoms with Crippen LogP contribution in [0.4, 0.5) is 0 Å². The second-order valence-electron chi connectivity index (χ2n) is 4.29. The van der Waals surface area contributed by atoms with Gasteiger partial charge in [-0.1, -0.05) is 35.3 Å². The molecule has 0 amide bonds. The minimum absolute atomic E-state index is 0. The van der Waals surface area contributed by atoms with Crippen LogP contribution in [0.5, 0.6) is 11.5 Å². The summed E-state index contributed by atoms with van der Waals surface area (Å²) in [4.78, 5) is 0. The lowest BCUT2D eigenvalue weighted by Crippen LogP contribution is -2.13. The van der Waals surface area contributed by atoms with Gasteiger partial charge in [-0.05, 0) is 29.8 Å². The monoisotopic (exact) mass is 360 g/mol. The van der Waals surface area contributed by atoms with E-state index in [1.807, 2.05) is 6.07 Å². The molecule has 0 aromatic heterocycles. The second-order valence-corrected chi connectivity index (χ2v) is 5.10. The lowest BCUT2D eigenvalue weighted by Gasteiger charge is -2.14. The zero-order valence-corrected chi connectivity index (χ0v) is 14.1. The van der Waals surface area contributed by atoms with Crippen molar-refractivity contribution in [3.63, 3.8) is 0 Å². The normalized spacial score (nSPS) is 9.77. The third-order valence-electron chi connectivity index (χ3n) is 2.86. The highest BCUT2D eigenvalue weighted by molar-refractivity contribution is 6.42. The first-order chi connectivity index (χ1) is 10.0. The third-order valence-corrected chi connectivity index (χ3v) is 3.60. The lowest BCUT2D eigenvalue weighted by atomic mass is 10.1. The average molecular weight is 362 g/mol. The molecule has 4 nitrogen and oxygen atoms in total. The lowest BCUT2D eigenvalue weighted by molar-refractivity contribution is 0.284. The molecule has 7 heteroatoms. The Kier molecular flexibility index (Phi) is 6.81. The van der Waals surface area contributed by atoms with E-state index >= 15 is 0 Å². The van der Waals surface area contributed by atoms with Gasteiger partial charge < -0.3 is 15.2 Å². The van der Waals surface area contributed by atoms with Gasteiger partial charge in [-0.3, -0.25) is 5.41 Å². The van der Waals surface area contributed by atoms with Gasteiger partial charge in [0.1, 0.15) is 12.4 Å². The largest absolute Gasteiger partial charge is 0.493 e. The summed E-state index contributed by atoms with van der Waals surface area (Å²) in [5.74, 6) is 0.861. The number of nitrogens with one attached hydrogen (secondary N) is 1. The Morgan fingerprint density at radius 1 is 1.18 bits per heavy atom. The van der Waals surface area contributed by atoms with Crippen LogP contribution in [-0.4, -0.2) is 12.9 Å². The Hall–Kier alpha value is -1.62. The quantitative estimate of drug-likeness (QED) is 0.616. The Morgan fingerprint density at radius 3 is 2.50 bits per heavy atom. The average Bonchev–Trinajstić information content (AvgIpc) is 2.48. The maximum absolute atomic E-state index is 7.60. The van der Waals surface area contributed by atoms with Gasteiger partial charge in [-0.25, -0.2) is 0 Å². The number of ether oxygens (including phenoxy) is 2. The highest BCUT2D eigenvalue weighted by Crippen LogP contribution is 2.32. The summed E-state index contributed by atoms with van der Waals surface area (Å²) in [6.07, 6.45) is 0. The summed E-state index contributed by atoms with van der Waals surface area (Å²) in [6, 6.07) is 10.5. The van der Waals surface area contributed by atoms with E-state index in [0.717, 1.165) is 5.56 Å². The minimum Gasteiger partial charge on any atom is -0.493 e. The van der Waals surface area contributed by atoms with Crippen molar-refractivity contribution in [1.82, 2.24) is 0 Å². The zero-order chi connectivity index (χ0) is 15.4. The van der Waals surface area contributed by atoms with E-state index < -0.39 is 0 Å². The molecule has 0 unspecified atom stereocenters. The summed E-state index contributed by atoms with van der Waals surface area (Å²) in [5, 5.41) is 8.55. The van der Waals surface area contributed by atoms with E-state index in [0.29, 0.717) is 27.1 Å². The molecule has 0 bridgehead atoms. The van der Waals surface area contributed by atoms with Crippen LogP contribution in [0.25, 0.3) is 0 Å². The van der Waals surface area contributed by atoms with Crippen molar-refractivity contribution < 1.29 is 9.47 Å². The Balaban J connectivity index is 0.00000242. The van der Waals surface area contributed by atoms with Crippen molar-refractivity contribution in [3.05, 3.63) is 57.6 Å². The van der Waals surface area contributed by atoms with Gasteiger partial charge in [-0.15, -0.1) is 12.4 Å². The van der Waals surface area contributed by atoms with Gasteiger partial charge in [-0.2, -0.15) is 0 Å². The number of benzene rings is 2. The van der Waals surface area contributed by atoms with Gasteiger partial charge in [0.15, 0.2) is 11.5 Å². The first kappa shape index (κ1) is 18.4. The Labute approximate surface area is 145 Å². The minimum atomic E-state index is -0.0851. The van der Waals surface area contributed by atoms with Crippen molar-refractivity contribution >= 4 is 41.4 Å². The fourth-order valence-electron chi connectivity index (χ4n) is 1.82. The van der Waals surface area contributed by atoms with Crippen LogP contribution in [-0.2, 0) is 6.61 Å². The standard InChI is InChI=1S/C15H14Cl2N2O2.ClH/c1-20-13-4-2-3-10(15(18)19)14(13)21-8-9-5-6-11(16)12(17)7-9;/h2-7H,8H2,1H3,(H3,18,19);1H.